The smallest absolute Gasteiger partial charge is 0.131 e. The van der Waals surface area contributed by atoms with Crippen molar-refractivity contribution in [2.45, 2.75) is 24.4 Å². The normalized spacial score (nSPS) is 18.2. The van der Waals surface area contributed by atoms with E-state index in [1.165, 1.54) is 10.8 Å². The van der Waals surface area contributed by atoms with Gasteiger partial charge in [-0.25, -0.2) is 4.99 Å². The average molecular weight is 574 g/mol. The predicted octanol–water partition coefficient (Wildman–Crippen LogP) is 7.59. The lowest BCUT2D eigenvalue weighted by Crippen LogP contribution is -2.45. The van der Waals surface area contributed by atoms with Crippen molar-refractivity contribution in [1.82, 2.24) is 10.6 Å². The van der Waals surface area contributed by atoms with Crippen LogP contribution in [0.15, 0.2) is 157 Å². The highest BCUT2D eigenvalue weighted by Crippen LogP contribution is 2.41. The standard InChI is InChI=1S/C39H35N5/c40-33(26-14-4-1-5-15-26)24-25-34(41)35-31-22-12-10-20-29(31)30-21-11-13-23-32(30)36(35)39-43-37(27-16-6-2-7-17-27)42-38(44-39)28-18-8-3-9-19-28/h1-25,33-34,37,39,43H,40-41H2,(H,42,44)/b25-24-. The summed E-state index contributed by atoms with van der Waals surface area (Å²) in [6.07, 6.45) is 3.51. The molecular weight excluding hydrogens is 538 g/mol. The van der Waals surface area contributed by atoms with E-state index >= 15 is 0 Å². The number of nitrogens with one attached hydrogen (secondary N) is 2. The maximum Gasteiger partial charge on any atom is 0.131 e. The number of rotatable bonds is 7. The summed E-state index contributed by atoms with van der Waals surface area (Å²) in [7, 11) is 0. The lowest BCUT2D eigenvalue weighted by atomic mass is 9.86. The van der Waals surface area contributed by atoms with E-state index in [0.29, 0.717) is 0 Å². The minimum atomic E-state index is -0.420. The number of hydrogen-bond acceptors (Lipinski definition) is 5. The third kappa shape index (κ3) is 5.40. The Morgan fingerprint density at radius 1 is 0.568 bits per heavy atom. The van der Waals surface area contributed by atoms with E-state index in [1.54, 1.807) is 0 Å². The second-order valence-electron chi connectivity index (χ2n) is 11.2. The van der Waals surface area contributed by atoms with Crippen molar-refractivity contribution in [2.75, 3.05) is 0 Å². The molecule has 0 fully saturated rings. The Balaban J connectivity index is 1.43. The van der Waals surface area contributed by atoms with Gasteiger partial charge in [-0.1, -0.05) is 152 Å². The van der Waals surface area contributed by atoms with Crippen molar-refractivity contribution >= 4 is 27.4 Å². The van der Waals surface area contributed by atoms with Gasteiger partial charge in [-0.2, -0.15) is 0 Å². The first-order valence-corrected chi connectivity index (χ1v) is 15.1. The summed E-state index contributed by atoms with van der Waals surface area (Å²) in [5.74, 6) is 0.835. The Labute approximate surface area is 258 Å². The molecule has 1 aliphatic rings. The fourth-order valence-corrected chi connectivity index (χ4v) is 6.24. The zero-order chi connectivity index (χ0) is 29.9. The van der Waals surface area contributed by atoms with Gasteiger partial charge in [0.05, 0.1) is 0 Å². The van der Waals surface area contributed by atoms with Gasteiger partial charge >= 0.3 is 0 Å². The van der Waals surface area contributed by atoms with Crippen LogP contribution in [0, 0.1) is 0 Å². The fourth-order valence-electron chi connectivity index (χ4n) is 6.24. The lowest BCUT2D eigenvalue weighted by Gasteiger charge is -2.34. The monoisotopic (exact) mass is 573 g/mol. The molecule has 0 amide bonds. The molecule has 0 saturated carbocycles. The van der Waals surface area contributed by atoms with Crippen LogP contribution in [-0.4, -0.2) is 5.84 Å². The van der Waals surface area contributed by atoms with Crippen molar-refractivity contribution in [3.05, 3.63) is 179 Å². The van der Waals surface area contributed by atoms with Gasteiger partial charge in [-0.05, 0) is 38.2 Å². The second kappa shape index (κ2) is 12.3. The predicted molar refractivity (Wildman–Crippen MR) is 182 cm³/mol. The second-order valence-corrected chi connectivity index (χ2v) is 11.2. The summed E-state index contributed by atoms with van der Waals surface area (Å²) in [6.45, 7) is 0. The van der Waals surface area contributed by atoms with Crippen LogP contribution in [0.2, 0.25) is 0 Å². The molecule has 0 aromatic heterocycles. The zero-order valence-corrected chi connectivity index (χ0v) is 24.3. The molecule has 6 aromatic carbocycles. The van der Waals surface area contributed by atoms with Gasteiger partial charge in [0.15, 0.2) is 0 Å². The molecule has 4 unspecified atom stereocenters. The molecule has 1 aliphatic heterocycles. The fraction of sp³-hybridized carbons (Fsp3) is 0.103. The van der Waals surface area contributed by atoms with Crippen LogP contribution in [0.3, 0.4) is 0 Å². The van der Waals surface area contributed by atoms with Gasteiger partial charge in [0.1, 0.15) is 18.2 Å². The summed E-state index contributed by atoms with van der Waals surface area (Å²) >= 11 is 0. The van der Waals surface area contributed by atoms with E-state index in [1.807, 2.05) is 66.7 Å². The van der Waals surface area contributed by atoms with Gasteiger partial charge < -0.3 is 16.8 Å². The third-order valence-corrected chi connectivity index (χ3v) is 8.38. The van der Waals surface area contributed by atoms with E-state index in [2.05, 4.69) is 95.6 Å². The topological polar surface area (TPSA) is 88.5 Å². The maximum atomic E-state index is 7.14. The molecule has 0 radical (unpaired) electrons. The van der Waals surface area contributed by atoms with Crippen LogP contribution in [-0.2, 0) is 0 Å². The third-order valence-electron chi connectivity index (χ3n) is 8.38. The van der Waals surface area contributed by atoms with Gasteiger partial charge in [-0.3, -0.25) is 5.32 Å². The number of benzene rings is 6. The van der Waals surface area contributed by atoms with Crippen molar-refractivity contribution in [1.29, 1.82) is 0 Å². The van der Waals surface area contributed by atoms with Crippen LogP contribution in [0.5, 0.6) is 0 Å². The Morgan fingerprint density at radius 2 is 1.09 bits per heavy atom. The van der Waals surface area contributed by atoms with E-state index in [4.69, 9.17) is 16.5 Å². The average Bonchev–Trinajstić information content (AvgIpc) is 3.10. The Kier molecular flexibility index (Phi) is 7.74. The molecule has 7 rings (SSSR count). The molecule has 0 bridgehead atoms. The first-order valence-electron chi connectivity index (χ1n) is 15.1. The molecule has 0 saturated heterocycles. The number of nitrogens with zero attached hydrogens (tertiary/aromatic N) is 1. The van der Waals surface area contributed by atoms with Crippen molar-refractivity contribution in [3.8, 4) is 0 Å². The van der Waals surface area contributed by atoms with Crippen LogP contribution < -0.4 is 22.1 Å². The van der Waals surface area contributed by atoms with Crippen molar-refractivity contribution in [3.63, 3.8) is 0 Å². The number of amidine groups is 1. The molecular formula is C39H35N5. The minimum absolute atomic E-state index is 0.162. The largest absolute Gasteiger partial charge is 0.350 e. The van der Waals surface area contributed by atoms with E-state index < -0.39 is 6.04 Å². The Bertz CT molecular complexity index is 1950. The highest BCUT2D eigenvalue weighted by atomic mass is 15.3. The van der Waals surface area contributed by atoms with Crippen molar-refractivity contribution < 1.29 is 0 Å². The molecule has 5 heteroatoms. The molecule has 4 atom stereocenters. The van der Waals surface area contributed by atoms with E-state index in [-0.39, 0.29) is 18.4 Å². The van der Waals surface area contributed by atoms with Crippen LogP contribution in [0.4, 0.5) is 0 Å². The molecule has 6 N–H and O–H groups in total. The van der Waals surface area contributed by atoms with Crippen molar-refractivity contribution in [2.24, 2.45) is 16.5 Å². The summed E-state index contributed by atoms with van der Waals surface area (Å²) in [6, 6.07) is 47.2. The van der Waals surface area contributed by atoms with Crippen LogP contribution in [0.1, 0.15) is 52.2 Å². The molecule has 6 aromatic rings. The summed E-state index contributed by atoms with van der Waals surface area (Å²) < 4.78 is 0. The molecule has 5 nitrogen and oxygen atoms in total. The maximum absolute atomic E-state index is 7.14. The molecule has 44 heavy (non-hydrogen) atoms. The minimum Gasteiger partial charge on any atom is -0.350 e. The highest BCUT2D eigenvalue weighted by molar-refractivity contribution is 6.11. The molecule has 216 valence electrons. The highest BCUT2D eigenvalue weighted by Gasteiger charge is 2.30. The Hall–Kier alpha value is -5.07. The summed E-state index contributed by atoms with van der Waals surface area (Å²) in [5.41, 5.74) is 19.0. The molecule has 1 heterocycles. The molecule has 0 spiro atoms. The Morgan fingerprint density at radius 3 is 1.77 bits per heavy atom. The SMILES string of the molecule is NC(/C=C\C(N)c1c(C2N=C(c3ccccc3)NC(c3ccccc3)N2)c2ccccc2c2ccccc12)c1ccccc1. The molecule has 0 aliphatic carbocycles. The van der Waals surface area contributed by atoms with Crippen LogP contribution >= 0.6 is 0 Å². The summed E-state index contributed by atoms with van der Waals surface area (Å²) in [5, 5.41) is 12.1. The van der Waals surface area contributed by atoms with Gasteiger partial charge in [0, 0.05) is 23.2 Å². The number of aliphatic imine (C=N–C) groups is 1. The quantitative estimate of drug-likeness (QED) is 0.117. The van der Waals surface area contributed by atoms with E-state index in [9.17, 15) is 0 Å². The summed E-state index contributed by atoms with van der Waals surface area (Å²) in [4.78, 5) is 5.33. The number of fused-ring (bicyclic) bond motifs is 3. The zero-order valence-electron chi connectivity index (χ0n) is 24.3. The van der Waals surface area contributed by atoms with E-state index in [0.717, 1.165) is 44.4 Å². The number of nitrogens with two attached hydrogens (primary N) is 2. The van der Waals surface area contributed by atoms with Crippen LogP contribution in [0.25, 0.3) is 21.5 Å². The number of hydrogen-bond donors (Lipinski definition) is 4. The van der Waals surface area contributed by atoms with Gasteiger partial charge in [-0.15, -0.1) is 0 Å². The first kappa shape index (κ1) is 27.7. The first-order chi connectivity index (χ1) is 21.7. The van der Waals surface area contributed by atoms with Gasteiger partial charge in [0.25, 0.3) is 0 Å². The van der Waals surface area contributed by atoms with Gasteiger partial charge in [0.2, 0.25) is 0 Å². The lowest BCUT2D eigenvalue weighted by molar-refractivity contribution is 0.409.